The molecule has 3 heteroatoms. The van der Waals surface area contributed by atoms with Crippen LogP contribution in [0, 0.1) is 0 Å². The molecule has 0 bridgehead atoms. The van der Waals surface area contributed by atoms with Crippen molar-refractivity contribution < 1.29 is 0 Å². The van der Waals surface area contributed by atoms with Crippen molar-refractivity contribution >= 4 is 49.1 Å². The van der Waals surface area contributed by atoms with E-state index in [4.69, 9.17) is 0 Å². The second kappa shape index (κ2) is 5.59. The molecule has 5 aromatic rings. The van der Waals surface area contributed by atoms with Crippen molar-refractivity contribution in [2.75, 3.05) is 0 Å². The highest BCUT2D eigenvalue weighted by Gasteiger charge is 2.38. The molecular weight excluding hydrogens is 426 g/mol. The molecule has 0 saturated heterocycles. The highest BCUT2D eigenvalue weighted by atomic mass is 79.9. The second-order valence-corrected chi connectivity index (χ2v) is 9.78. The van der Waals surface area contributed by atoms with Crippen molar-refractivity contribution in [2.24, 2.45) is 0 Å². The minimum atomic E-state index is -0.0422. The van der Waals surface area contributed by atoms with Crippen LogP contribution < -0.4 is 0 Å². The van der Waals surface area contributed by atoms with Crippen molar-refractivity contribution in [3.63, 3.8) is 0 Å². The van der Waals surface area contributed by atoms with Crippen LogP contribution >= 0.6 is 27.3 Å². The van der Waals surface area contributed by atoms with Crippen LogP contribution in [0.4, 0.5) is 0 Å². The van der Waals surface area contributed by atoms with Crippen LogP contribution in [0.5, 0.6) is 0 Å². The van der Waals surface area contributed by atoms with Crippen LogP contribution in [-0.2, 0) is 5.41 Å². The smallest absolute Gasteiger partial charge is 0.0759 e. The van der Waals surface area contributed by atoms with E-state index in [1.54, 1.807) is 0 Å². The molecule has 2 aromatic heterocycles. The van der Waals surface area contributed by atoms with E-state index in [2.05, 4.69) is 107 Å². The largest absolute Gasteiger partial charge is 0.307 e. The first-order valence-corrected chi connectivity index (χ1v) is 11.1. The zero-order valence-corrected chi connectivity index (χ0v) is 18.1. The average molecular weight is 444 g/mol. The summed E-state index contributed by atoms with van der Waals surface area (Å²) in [6, 6.07) is 26.2. The Hall–Kier alpha value is -2.36. The van der Waals surface area contributed by atoms with E-state index in [1.165, 1.54) is 52.8 Å². The molecule has 3 heterocycles. The summed E-state index contributed by atoms with van der Waals surface area (Å²) in [7, 11) is 0. The minimum Gasteiger partial charge on any atom is -0.307 e. The van der Waals surface area contributed by atoms with Gasteiger partial charge in [-0.3, -0.25) is 0 Å². The zero-order valence-electron chi connectivity index (χ0n) is 15.7. The third-order valence-electron chi connectivity index (χ3n) is 6.02. The number of thiophene rings is 1. The van der Waals surface area contributed by atoms with Gasteiger partial charge in [-0.05, 0) is 33.1 Å². The predicted molar refractivity (Wildman–Crippen MR) is 124 cm³/mol. The highest BCUT2D eigenvalue weighted by molar-refractivity contribution is 9.10. The number of aromatic nitrogens is 1. The number of hydrogen-bond acceptors (Lipinski definition) is 1. The van der Waals surface area contributed by atoms with E-state index >= 15 is 0 Å². The van der Waals surface area contributed by atoms with Crippen molar-refractivity contribution in [3.05, 3.63) is 87.7 Å². The Morgan fingerprint density at radius 2 is 1.54 bits per heavy atom. The first-order chi connectivity index (χ1) is 13.6. The van der Waals surface area contributed by atoms with Crippen molar-refractivity contribution in [1.29, 1.82) is 0 Å². The van der Waals surface area contributed by atoms with Crippen LogP contribution in [-0.4, -0.2) is 4.57 Å². The van der Waals surface area contributed by atoms with Gasteiger partial charge in [-0.2, -0.15) is 0 Å². The van der Waals surface area contributed by atoms with E-state index in [0.29, 0.717) is 0 Å². The number of nitrogens with zero attached hydrogens (tertiary/aromatic N) is 1. The first-order valence-electron chi connectivity index (χ1n) is 9.50. The van der Waals surface area contributed by atoms with Gasteiger partial charge >= 0.3 is 0 Å². The highest BCUT2D eigenvalue weighted by Crippen LogP contribution is 2.55. The summed E-state index contributed by atoms with van der Waals surface area (Å²) in [6.07, 6.45) is 0. The summed E-state index contributed by atoms with van der Waals surface area (Å²) in [5.74, 6) is 0. The fourth-order valence-electron chi connectivity index (χ4n) is 4.68. The number of rotatable bonds is 1. The monoisotopic (exact) mass is 443 g/mol. The standard InChI is InChI=1S/C25H18BrNS/c1-25(2)18-13-8-12-17-16-11-6-7-14-19(16)27(21(17)18)22-20(26)23(28-24(22)25)15-9-4-3-5-10-15/h3-14H,1-2H3. The molecule has 0 fully saturated rings. The van der Waals surface area contributed by atoms with Gasteiger partial charge in [0.05, 0.1) is 26.1 Å². The maximum absolute atomic E-state index is 4.00. The minimum absolute atomic E-state index is 0.0422. The van der Waals surface area contributed by atoms with Crippen molar-refractivity contribution in [1.82, 2.24) is 4.57 Å². The van der Waals surface area contributed by atoms with Crippen LogP contribution in [0.25, 0.3) is 37.9 Å². The van der Waals surface area contributed by atoms with E-state index in [9.17, 15) is 0 Å². The molecule has 6 rings (SSSR count). The molecule has 136 valence electrons. The quantitative estimate of drug-likeness (QED) is 0.248. The van der Waals surface area contributed by atoms with Crippen molar-refractivity contribution in [3.8, 4) is 16.1 Å². The Labute approximate surface area is 176 Å². The number of fused-ring (bicyclic) bond motifs is 5. The lowest BCUT2D eigenvalue weighted by Crippen LogP contribution is -2.24. The summed E-state index contributed by atoms with van der Waals surface area (Å²) in [4.78, 5) is 2.72. The summed E-state index contributed by atoms with van der Waals surface area (Å²) in [5.41, 5.74) is 6.56. The lowest BCUT2D eigenvalue weighted by Gasteiger charge is -2.32. The summed E-state index contributed by atoms with van der Waals surface area (Å²) >= 11 is 5.92. The third kappa shape index (κ3) is 1.96. The maximum Gasteiger partial charge on any atom is 0.0759 e. The van der Waals surface area contributed by atoms with E-state index in [-0.39, 0.29) is 5.41 Å². The second-order valence-electron chi connectivity index (χ2n) is 7.97. The van der Waals surface area contributed by atoms with Crippen LogP contribution in [0.15, 0.2) is 77.3 Å². The zero-order chi connectivity index (χ0) is 19.0. The summed E-state index contributed by atoms with van der Waals surface area (Å²) < 4.78 is 3.68. The van der Waals surface area contributed by atoms with Crippen LogP contribution in [0.3, 0.4) is 0 Å². The van der Waals surface area contributed by atoms with E-state index in [0.717, 1.165) is 0 Å². The Balaban J connectivity index is 1.83. The van der Waals surface area contributed by atoms with E-state index < -0.39 is 0 Å². The van der Waals surface area contributed by atoms with E-state index in [1.807, 2.05) is 11.3 Å². The molecule has 1 nitrogen and oxygen atoms in total. The normalized spacial score (nSPS) is 14.5. The van der Waals surface area contributed by atoms with Crippen molar-refractivity contribution in [2.45, 2.75) is 19.3 Å². The number of halogens is 1. The maximum atomic E-state index is 4.00. The SMILES string of the molecule is CC1(C)c2sc(-c3ccccc3)c(Br)c2-n2c3ccccc3c3cccc1c32. The molecular formula is C25H18BrNS. The molecule has 0 atom stereocenters. The fourth-order valence-corrected chi connectivity index (χ4v) is 6.96. The topological polar surface area (TPSA) is 4.93 Å². The molecule has 1 aliphatic rings. The van der Waals surface area contributed by atoms with Gasteiger partial charge in [0.2, 0.25) is 0 Å². The molecule has 0 aliphatic carbocycles. The first kappa shape index (κ1) is 16.6. The van der Waals surface area contributed by atoms with Gasteiger partial charge in [-0.15, -0.1) is 11.3 Å². The van der Waals surface area contributed by atoms with Gasteiger partial charge in [0.15, 0.2) is 0 Å². The molecule has 3 aromatic carbocycles. The van der Waals surface area contributed by atoms with Gasteiger partial charge in [-0.1, -0.05) is 80.6 Å². The van der Waals surface area contributed by atoms with Gasteiger partial charge in [0, 0.05) is 21.1 Å². The number of hydrogen-bond donors (Lipinski definition) is 0. The molecule has 0 saturated carbocycles. The Morgan fingerprint density at radius 3 is 2.36 bits per heavy atom. The summed E-state index contributed by atoms with van der Waals surface area (Å²) in [6.45, 7) is 4.72. The lowest BCUT2D eigenvalue weighted by molar-refractivity contribution is 0.645. The lowest BCUT2D eigenvalue weighted by atomic mass is 9.79. The van der Waals surface area contributed by atoms with Crippen LogP contribution in [0.2, 0.25) is 0 Å². The summed E-state index contributed by atoms with van der Waals surface area (Å²) in [5, 5.41) is 2.66. The van der Waals surface area contributed by atoms with Gasteiger partial charge < -0.3 is 4.57 Å². The molecule has 0 radical (unpaired) electrons. The predicted octanol–water partition coefficient (Wildman–Crippen LogP) is 7.91. The van der Waals surface area contributed by atoms with Gasteiger partial charge in [-0.25, -0.2) is 0 Å². The fraction of sp³-hybridized carbons (Fsp3) is 0.120. The number of para-hydroxylation sites is 2. The van der Waals surface area contributed by atoms with Gasteiger partial charge in [0.25, 0.3) is 0 Å². The third-order valence-corrected chi connectivity index (χ3v) is 8.61. The Kier molecular flexibility index (Phi) is 3.31. The molecule has 0 amide bonds. The van der Waals surface area contributed by atoms with Gasteiger partial charge in [0.1, 0.15) is 0 Å². The molecule has 0 spiro atoms. The molecule has 28 heavy (non-hydrogen) atoms. The Morgan fingerprint density at radius 1 is 0.821 bits per heavy atom. The molecule has 0 N–H and O–H groups in total. The molecule has 1 aliphatic heterocycles. The van der Waals surface area contributed by atoms with Crippen LogP contribution in [0.1, 0.15) is 24.3 Å². The number of benzene rings is 3. The average Bonchev–Trinajstić information content (AvgIpc) is 3.23. The molecule has 0 unspecified atom stereocenters. The Bertz CT molecular complexity index is 1390.